The number of methoxy groups -OCH3 is 1. The summed E-state index contributed by atoms with van der Waals surface area (Å²) >= 11 is 0. The molecule has 0 aliphatic rings. The Morgan fingerprint density at radius 3 is 2.34 bits per heavy atom. The summed E-state index contributed by atoms with van der Waals surface area (Å²) in [4.78, 5) is 27.0. The third-order valence-electron chi connectivity index (χ3n) is 4.61. The van der Waals surface area contributed by atoms with Gasteiger partial charge in [-0.3, -0.25) is 9.59 Å². The van der Waals surface area contributed by atoms with Crippen molar-refractivity contribution in [3.8, 4) is 11.5 Å². The minimum absolute atomic E-state index is 0.132. The van der Waals surface area contributed by atoms with Crippen LogP contribution in [0.5, 0.6) is 11.5 Å². The Balaban J connectivity index is 2.09. The molecule has 156 valence electrons. The molecule has 2 aromatic rings. The number of carbonyl (C=O) groups excluding carboxylic acids is 2. The van der Waals surface area contributed by atoms with Crippen molar-refractivity contribution in [2.75, 3.05) is 20.3 Å². The Kier molecular flexibility index (Phi) is 9.02. The van der Waals surface area contributed by atoms with Crippen molar-refractivity contribution in [3.63, 3.8) is 0 Å². The van der Waals surface area contributed by atoms with E-state index in [4.69, 9.17) is 9.47 Å². The topological polar surface area (TPSA) is 67.9 Å². The lowest BCUT2D eigenvalue weighted by molar-refractivity contribution is -0.142. The van der Waals surface area contributed by atoms with Crippen molar-refractivity contribution in [1.82, 2.24) is 10.2 Å². The van der Waals surface area contributed by atoms with Crippen LogP contribution in [-0.2, 0) is 16.1 Å². The number of rotatable bonds is 11. The van der Waals surface area contributed by atoms with Gasteiger partial charge >= 0.3 is 0 Å². The molecule has 1 atom stereocenters. The molecule has 6 heteroatoms. The molecular formula is C23H30N2O4. The zero-order chi connectivity index (χ0) is 21.1. The Hall–Kier alpha value is -3.02. The fourth-order valence-corrected chi connectivity index (χ4v) is 2.79. The SMILES string of the molecule is CCCCNC(=O)[C@@H](C)N(Cc1ccc(OC)cc1)C(=O)COc1ccccc1. The molecule has 0 spiro atoms. The van der Waals surface area contributed by atoms with Gasteiger partial charge in [-0.15, -0.1) is 0 Å². The first-order valence-electron chi connectivity index (χ1n) is 9.93. The molecule has 2 amide bonds. The molecule has 2 rings (SSSR count). The molecule has 1 N–H and O–H groups in total. The third-order valence-corrected chi connectivity index (χ3v) is 4.61. The largest absolute Gasteiger partial charge is 0.497 e. The van der Waals surface area contributed by atoms with Crippen LogP contribution in [-0.4, -0.2) is 43.0 Å². The van der Waals surface area contributed by atoms with Crippen LogP contribution in [0.15, 0.2) is 54.6 Å². The fourth-order valence-electron chi connectivity index (χ4n) is 2.79. The highest BCUT2D eigenvalue weighted by molar-refractivity contribution is 5.87. The molecule has 0 heterocycles. The van der Waals surface area contributed by atoms with E-state index in [2.05, 4.69) is 12.2 Å². The van der Waals surface area contributed by atoms with E-state index in [1.54, 1.807) is 31.1 Å². The quantitative estimate of drug-likeness (QED) is 0.589. The highest BCUT2D eigenvalue weighted by Gasteiger charge is 2.26. The molecule has 0 bridgehead atoms. The van der Waals surface area contributed by atoms with E-state index >= 15 is 0 Å². The Morgan fingerprint density at radius 1 is 1.03 bits per heavy atom. The summed E-state index contributed by atoms with van der Waals surface area (Å²) in [6.45, 7) is 4.59. The monoisotopic (exact) mass is 398 g/mol. The Morgan fingerprint density at radius 2 is 1.72 bits per heavy atom. The lowest BCUT2D eigenvalue weighted by atomic mass is 10.1. The molecule has 2 aromatic carbocycles. The van der Waals surface area contributed by atoms with Crippen LogP contribution >= 0.6 is 0 Å². The maximum absolute atomic E-state index is 12.9. The second kappa shape index (κ2) is 11.7. The van der Waals surface area contributed by atoms with Gasteiger partial charge in [-0.2, -0.15) is 0 Å². The van der Waals surface area contributed by atoms with Gasteiger partial charge in [-0.05, 0) is 43.2 Å². The number of benzene rings is 2. The number of unbranched alkanes of at least 4 members (excludes halogenated alkanes) is 1. The number of carbonyl (C=O) groups is 2. The summed E-state index contributed by atoms with van der Waals surface area (Å²) < 4.78 is 10.8. The molecule has 0 aliphatic heterocycles. The van der Waals surface area contributed by atoms with E-state index < -0.39 is 6.04 Å². The first-order chi connectivity index (χ1) is 14.0. The normalized spacial score (nSPS) is 11.4. The van der Waals surface area contributed by atoms with E-state index in [0.717, 1.165) is 24.2 Å². The van der Waals surface area contributed by atoms with Crippen LogP contribution in [0, 0.1) is 0 Å². The van der Waals surface area contributed by atoms with Gasteiger partial charge in [-0.1, -0.05) is 43.7 Å². The van der Waals surface area contributed by atoms with Crippen LogP contribution in [0.4, 0.5) is 0 Å². The number of nitrogens with one attached hydrogen (secondary N) is 1. The van der Waals surface area contributed by atoms with Gasteiger partial charge in [0.15, 0.2) is 6.61 Å². The molecular weight excluding hydrogens is 368 g/mol. The maximum atomic E-state index is 12.9. The number of hydrogen-bond donors (Lipinski definition) is 1. The minimum atomic E-state index is -0.610. The first-order valence-corrected chi connectivity index (χ1v) is 9.93. The standard InChI is InChI=1S/C23H30N2O4/c1-4-5-15-24-23(27)18(2)25(16-19-11-13-20(28-3)14-12-19)22(26)17-29-21-9-7-6-8-10-21/h6-14,18H,4-5,15-17H2,1-3H3,(H,24,27)/t18-/m1/s1. The van der Waals surface area contributed by atoms with E-state index in [1.807, 2.05) is 42.5 Å². The average Bonchev–Trinajstić information content (AvgIpc) is 2.76. The van der Waals surface area contributed by atoms with Gasteiger partial charge in [0.2, 0.25) is 5.91 Å². The van der Waals surface area contributed by atoms with Crippen LogP contribution in [0.1, 0.15) is 32.3 Å². The molecule has 29 heavy (non-hydrogen) atoms. The van der Waals surface area contributed by atoms with Gasteiger partial charge in [0.25, 0.3) is 5.91 Å². The first kappa shape index (κ1) is 22.3. The highest BCUT2D eigenvalue weighted by atomic mass is 16.5. The molecule has 0 saturated carbocycles. The number of nitrogens with zero attached hydrogens (tertiary/aromatic N) is 1. The number of ether oxygens (including phenoxy) is 2. The van der Waals surface area contributed by atoms with E-state index in [9.17, 15) is 9.59 Å². The van der Waals surface area contributed by atoms with E-state index in [0.29, 0.717) is 18.8 Å². The summed E-state index contributed by atoms with van der Waals surface area (Å²) in [6.07, 6.45) is 1.90. The van der Waals surface area contributed by atoms with Crippen molar-refractivity contribution >= 4 is 11.8 Å². The molecule has 6 nitrogen and oxygen atoms in total. The highest BCUT2D eigenvalue weighted by Crippen LogP contribution is 2.16. The Bertz CT molecular complexity index is 762. The fraction of sp³-hybridized carbons (Fsp3) is 0.391. The predicted octanol–water partition coefficient (Wildman–Crippen LogP) is 3.41. The van der Waals surface area contributed by atoms with Crippen molar-refractivity contribution in [1.29, 1.82) is 0 Å². The third kappa shape index (κ3) is 7.14. The summed E-state index contributed by atoms with van der Waals surface area (Å²) in [5.74, 6) is 0.942. The molecule has 0 radical (unpaired) electrons. The zero-order valence-corrected chi connectivity index (χ0v) is 17.4. The number of para-hydroxylation sites is 1. The van der Waals surface area contributed by atoms with Gasteiger partial charge in [-0.25, -0.2) is 0 Å². The van der Waals surface area contributed by atoms with Gasteiger partial charge < -0.3 is 19.7 Å². The van der Waals surface area contributed by atoms with Crippen LogP contribution in [0.25, 0.3) is 0 Å². The van der Waals surface area contributed by atoms with Crippen molar-refractivity contribution in [2.24, 2.45) is 0 Å². The van der Waals surface area contributed by atoms with Gasteiger partial charge in [0.05, 0.1) is 7.11 Å². The second-order valence-electron chi connectivity index (χ2n) is 6.79. The van der Waals surface area contributed by atoms with E-state index in [1.165, 1.54) is 0 Å². The smallest absolute Gasteiger partial charge is 0.261 e. The van der Waals surface area contributed by atoms with Crippen molar-refractivity contribution in [2.45, 2.75) is 39.3 Å². The average molecular weight is 399 g/mol. The summed E-state index contributed by atoms with van der Waals surface area (Å²) in [5.41, 5.74) is 0.909. The molecule has 0 aromatic heterocycles. The number of hydrogen-bond acceptors (Lipinski definition) is 4. The van der Waals surface area contributed by atoms with Crippen molar-refractivity contribution < 1.29 is 19.1 Å². The summed E-state index contributed by atoms with van der Waals surface area (Å²) in [5, 5.41) is 2.90. The van der Waals surface area contributed by atoms with Crippen LogP contribution in [0.3, 0.4) is 0 Å². The van der Waals surface area contributed by atoms with Gasteiger partial charge in [0, 0.05) is 13.1 Å². The van der Waals surface area contributed by atoms with Gasteiger partial charge in [0.1, 0.15) is 17.5 Å². The predicted molar refractivity (Wildman–Crippen MR) is 113 cm³/mol. The number of amides is 2. The van der Waals surface area contributed by atoms with Crippen LogP contribution < -0.4 is 14.8 Å². The van der Waals surface area contributed by atoms with Crippen molar-refractivity contribution in [3.05, 3.63) is 60.2 Å². The summed E-state index contributed by atoms with van der Waals surface area (Å²) in [6, 6.07) is 16.0. The molecule has 0 fully saturated rings. The lowest BCUT2D eigenvalue weighted by Gasteiger charge is -2.28. The minimum Gasteiger partial charge on any atom is -0.497 e. The molecule has 0 unspecified atom stereocenters. The maximum Gasteiger partial charge on any atom is 0.261 e. The summed E-state index contributed by atoms with van der Waals surface area (Å²) in [7, 11) is 1.61. The Labute approximate surface area is 172 Å². The van der Waals surface area contributed by atoms with Crippen LogP contribution in [0.2, 0.25) is 0 Å². The van der Waals surface area contributed by atoms with E-state index in [-0.39, 0.29) is 18.4 Å². The molecule has 0 aliphatic carbocycles. The second-order valence-corrected chi connectivity index (χ2v) is 6.79. The lowest BCUT2D eigenvalue weighted by Crippen LogP contribution is -2.49. The molecule has 0 saturated heterocycles. The zero-order valence-electron chi connectivity index (χ0n) is 17.4.